The van der Waals surface area contributed by atoms with Crippen LogP contribution in [0.4, 0.5) is 4.39 Å². The fraction of sp³-hybridized carbons (Fsp3) is 0.160. The molecule has 6 nitrogen and oxygen atoms in total. The summed E-state index contributed by atoms with van der Waals surface area (Å²) in [4.78, 5) is 15.7. The van der Waals surface area contributed by atoms with E-state index in [1.807, 2.05) is 6.92 Å². The van der Waals surface area contributed by atoms with Gasteiger partial charge in [-0.3, -0.25) is 4.79 Å². The third kappa shape index (κ3) is 4.97. The number of hydrogen-bond acceptors (Lipinski definition) is 4. The fourth-order valence-corrected chi connectivity index (χ4v) is 4.94. The van der Waals surface area contributed by atoms with Gasteiger partial charge in [0.1, 0.15) is 11.6 Å². The molecule has 170 valence electrons. The molecule has 0 aliphatic rings. The molecular formula is C25H23FN2O4S. The van der Waals surface area contributed by atoms with Crippen LogP contribution in [0, 0.1) is 12.7 Å². The second kappa shape index (κ2) is 9.17. The first-order valence-electron chi connectivity index (χ1n) is 10.3. The van der Waals surface area contributed by atoms with E-state index < -0.39 is 15.8 Å². The van der Waals surface area contributed by atoms with Crippen LogP contribution in [0.3, 0.4) is 0 Å². The van der Waals surface area contributed by atoms with Crippen molar-refractivity contribution in [1.29, 1.82) is 0 Å². The predicted molar refractivity (Wildman–Crippen MR) is 125 cm³/mol. The highest BCUT2D eigenvalue weighted by atomic mass is 32.2. The maximum absolute atomic E-state index is 13.5. The number of nitrogens with one attached hydrogen (secondary N) is 1. The number of benzene rings is 3. The van der Waals surface area contributed by atoms with Crippen LogP contribution in [0.2, 0.25) is 0 Å². The van der Waals surface area contributed by atoms with Crippen LogP contribution < -0.4 is 10.3 Å². The van der Waals surface area contributed by atoms with Crippen LogP contribution in [-0.4, -0.2) is 24.8 Å². The Morgan fingerprint density at radius 2 is 1.64 bits per heavy atom. The zero-order valence-corrected chi connectivity index (χ0v) is 19.0. The van der Waals surface area contributed by atoms with Crippen LogP contribution in [0.5, 0.6) is 5.75 Å². The number of nitrogens with zero attached hydrogens (tertiary/aromatic N) is 1. The number of fused-ring (bicyclic) bond motifs is 1. The molecule has 4 aromatic rings. The Bertz CT molecular complexity index is 1450. The molecule has 1 N–H and O–H groups in total. The van der Waals surface area contributed by atoms with E-state index in [2.05, 4.69) is 4.98 Å². The number of aromatic amines is 1. The molecule has 0 spiro atoms. The Kier molecular flexibility index (Phi) is 6.31. The predicted octanol–water partition coefficient (Wildman–Crippen LogP) is 4.38. The molecule has 8 heteroatoms. The lowest BCUT2D eigenvalue weighted by atomic mass is 10.1. The van der Waals surface area contributed by atoms with Gasteiger partial charge in [-0.2, -0.15) is 4.31 Å². The minimum Gasteiger partial charge on any atom is -0.497 e. The topological polar surface area (TPSA) is 79.5 Å². The summed E-state index contributed by atoms with van der Waals surface area (Å²) in [5.41, 5.74) is 2.04. The van der Waals surface area contributed by atoms with Crippen LogP contribution in [0.15, 0.2) is 82.5 Å². The molecular weight excluding hydrogens is 443 g/mol. The van der Waals surface area contributed by atoms with Crippen molar-refractivity contribution in [1.82, 2.24) is 9.29 Å². The minimum atomic E-state index is -3.94. The Hall–Kier alpha value is -3.49. The maximum atomic E-state index is 13.5. The number of methoxy groups -OCH3 is 1. The van der Waals surface area contributed by atoms with E-state index in [1.165, 1.54) is 35.7 Å². The van der Waals surface area contributed by atoms with Gasteiger partial charge in [0, 0.05) is 24.7 Å². The Morgan fingerprint density at radius 3 is 2.30 bits per heavy atom. The van der Waals surface area contributed by atoms with Crippen molar-refractivity contribution < 1.29 is 17.5 Å². The lowest BCUT2D eigenvalue weighted by molar-refractivity contribution is 0.399. The van der Waals surface area contributed by atoms with Crippen molar-refractivity contribution in [3.8, 4) is 5.75 Å². The lowest BCUT2D eigenvalue weighted by Gasteiger charge is -2.22. The average Bonchev–Trinajstić information content (AvgIpc) is 2.80. The molecule has 0 fully saturated rings. The first-order valence-corrected chi connectivity index (χ1v) is 11.7. The minimum absolute atomic E-state index is 0.0173. The first-order chi connectivity index (χ1) is 15.8. The Balaban J connectivity index is 1.76. The number of H-pyrrole nitrogens is 1. The summed E-state index contributed by atoms with van der Waals surface area (Å²) in [6.07, 6.45) is 0. The highest BCUT2D eigenvalue weighted by Crippen LogP contribution is 2.23. The van der Waals surface area contributed by atoms with Gasteiger partial charge in [-0.25, -0.2) is 12.8 Å². The van der Waals surface area contributed by atoms with E-state index in [4.69, 9.17) is 4.74 Å². The fourth-order valence-electron chi connectivity index (χ4n) is 3.54. The highest BCUT2D eigenvalue weighted by molar-refractivity contribution is 7.89. The largest absolute Gasteiger partial charge is 0.497 e. The van der Waals surface area contributed by atoms with Crippen molar-refractivity contribution in [2.45, 2.75) is 24.9 Å². The third-order valence-corrected chi connectivity index (χ3v) is 7.21. The molecule has 1 heterocycles. The molecule has 0 amide bonds. The number of pyridine rings is 1. The van der Waals surface area contributed by atoms with Gasteiger partial charge in [0.2, 0.25) is 10.0 Å². The summed E-state index contributed by atoms with van der Waals surface area (Å²) in [5.74, 6) is 0.193. The molecule has 0 saturated carbocycles. The van der Waals surface area contributed by atoms with E-state index in [0.29, 0.717) is 22.4 Å². The average molecular weight is 467 g/mol. The highest BCUT2D eigenvalue weighted by Gasteiger charge is 2.26. The summed E-state index contributed by atoms with van der Waals surface area (Å²) in [5, 5.41) is 0.750. The number of aryl methyl sites for hydroxylation is 1. The van der Waals surface area contributed by atoms with E-state index in [9.17, 15) is 17.6 Å². The number of halogens is 1. The molecule has 1 aromatic heterocycles. The smallest absolute Gasteiger partial charge is 0.252 e. The molecule has 0 aliphatic carbocycles. The maximum Gasteiger partial charge on any atom is 0.252 e. The van der Waals surface area contributed by atoms with E-state index in [0.717, 1.165) is 10.9 Å². The summed E-state index contributed by atoms with van der Waals surface area (Å²) in [6.45, 7) is 1.71. The molecule has 0 radical (unpaired) electrons. The summed E-state index contributed by atoms with van der Waals surface area (Å²) in [7, 11) is -2.40. The van der Waals surface area contributed by atoms with E-state index >= 15 is 0 Å². The van der Waals surface area contributed by atoms with Crippen LogP contribution in [0.25, 0.3) is 10.9 Å². The van der Waals surface area contributed by atoms with Crippen molar-refractivity contribution in [2.75, 3.05) is 7.11 Å². The standard InChI is InChI=1S/C25H23FN2O4S/c1-17-3-11-23(12-4-17)33(30,31)28(15-18-5-8-21(26)9-6-18)16-20-13-19-7-10-22(32-2)14-24(19)27-25(20)29/h3-14H,15-16H2,1-2H3,(H,27,29). The van der Waals surface area contributed by atoms with Crippen molar-refractivity contribution >= 4 is 20.9 Å². The summed E-state index contributed by atoms with van der Waals surface area (Å²) >= 11 is 0. The second-order valence-corrected chi connectivity index (χ2v) is 9.73. The summed E-state index contributed by atoms with van der Waals surface area (Å²) in [6, 6.07) is 19.1. The summed E-state index contributed by atoms with van der Waals surface area (Å²) < 4.78 is 46.8. The molecule has 0 saturated heterocycles. The van der Waals surface area contributed by atoms with Crippen LogP contribution in [-0.2, 0) is 23.1 Å². The Labute approximate surface area is 191 Å². The second-order valence-electron chi connectivity index (χ2n) is 7.79. The van der Waals surface area contributed by atoms with Crippen molar-refractivity contribution in [2.24, 2.45) is 0 Å². The van der Waals surface area contributed by atoms with Gasteiger partial charge in [0.25, 0.3) is 5.56 Å². The van der Waals surface area contributed by atoms with Gasteiger partial charge in [-0.15, -0.1) is 0 Å². The zero-order chi connectivity index (χ0) is 23.6. The van der Waals surface area contributed by atoms with E-state index in [1.54, 1.807) is 48.5 Å². The van der Waals surface area contributed by atoms with Crippen LogP contribution >= 0.6 is 0 Å². The monoisotopic (exact) mass is 466 g/mol. The van der Waals surface area contributed by atoms with Gasteiger partial charge in [0.05, 0.1) is 17.5 Å². The molecule has 33 heavy (non-hydrogen) atoms. The van der Waals surface area contributed by atoms with Crippen molar-refractivity contribution in [3.63, 3.8) is 0 Å². The zero-order valence-electron chi connectivity index (χ0n) is 18.2. The third-order valence-electron chi connectivity index (χ3n) is 5.41. The van der Waals surface area contributed by atoms with Crippen LogP contribution in [0.1, 0.15) is 16.7 Å². The van der Waals surface area contributed by atoms with Gasteiger partial charge >= 0.3 is 0 Å². The SMILES string of the molecule is COc1ccc2cc(CN(Cc3ccc(F)cc3)S(=O)(=O)c3ccc(C)cc3)c(=O)[nH]c2c1. The first kappa shape index (κ1) is 22.7. The van der Waals surface area contributed by atoms with E-state index in [-0.39, 0.29) is 23.5 Å². The lowest BCUT2D eigenvalue weighted by Crippen LogP contribution is -2.32. The van der Waals surface area contributed by atoms with Gasteiger partial charge in [0.15, 0.2) is 0 Å². The molecule has 0 bridgehead atoms. The molecule has 0 aliphatic heterocycles. The quantitative estimate of drug-likeness (QED) is 0.439. The number of aromatic nitrogens is 1. The molecule has 3 aromatic carbocycles. The van der Waals surface area contributed by atoms with Gasteiger partial charge < -0.3 is 9.72 Å². The molecule has 0 unspecified atom stereocenters. The van der Waals surface area contributed by atoms with Gasteiger partial charge in [-0.1, -0.05) is 29.8 Å². The van der Waals surface area contributed by atoms with Crippen molar-refractivity contribution in [3.05, 3.63) is 106 Å². The van der Waals surface area contributed by atoms with Gasteiger partial charge in [-0.05, 0) is 60.3 Å². The number of hydrogen-bond donors (Lipinski definition) is 1. The molecule has 4 rings (SSSR count). The number of sulfonamides is 1. The number of rotatable bonds is 7. The number of ether oxygens (including phenoxy) is 1. The molecule has 0 atom stereocenters. The Morgan fingerprint density at radius 1 is 0.939 bits per heavy atom. The normalized spacial score (nSPS) is 11.8.